The van der Waals surface area contributed by atoms with Crippen molar-refractivity contribution < 1.29 is 13.6 Å². The lowest BCUT2D eigenvalue weighted by Crippen LogP contribution is -2.16. The maximum atomic E-state index is 12.9. The predicted octanol–water partition coefficient (Wildman–Crippen LogP) is 3.38. The van der Waals surface area contributed by atoms with Gasteiger partial charge >= 0.3 is 0 Å². The van der Waals surface area contributed by atoms with Crippen LogP contribution in [-0.2, 0) is 6.54 Å². The molecule has 0 atom stereocenters. The van der Waals surface area contributed by atoms with Crippen molar-refractivity contribution in [3.05, 3.63) is 71.7 Å². The van der Waals surface area contributed by atoms with Crippen LogP contribution in [0.25, 0.3) is 0 Å². The average molecular weight is 326 g/mol. The fourth-order valence-corrected chi connectivity index (χ4v) is 2.07. The zero-order valence-corrected chi connectivity index (χ0v) is 12.9. The number of nitrogens with zero attached hydrogens (tertiary/aromatic N) is 2. The van der Waals surface area contributed by atoms with Gasteiger partial charge in [0.1, 0.15) is 17.3 Å². The van der Waals surface area contributed by atoms with Gasteiger partial charge in [-0.05, 0) is 49.4 Å². The van der Waals surface area contributed by atoms with Crippen molar-refractivity contribution in [3.8, 4) is 0 Å². The summed E-state index contributed by atoms with van der Waals surface area (Å²) >= 11 is 0. The third-order valence-electron chi connectivity index (χ3n) is 3.19. The summed E-state index contributed by atoms with van der Waals surface area (Å²) in [6, 6.07) is 10.7. The van der Waals surface area contributed by atoms with Crippen LogP contribution in [0.2, 0.25) is 0 Å². The van der Waals surface area contributed by atoms with Crippen LogP contribution in [0.4, 0.5) is 16.0 Å². The zero-order valence-electron chi connectivity index (χ0n) is 12.9. The monoisotopic (exact) mass is 326 g/mol. The predicted molar refractivity (Wildman–Crippen MR) is 87.2 cm³/mol. The summed E-state index contributed by atoms with van der Waals surface area (Å²) in [5, 5.41) is 5.68. The second-order valence-electron chi connectivity index (χ2n) is 5.11. The highest BCUT2D eigenvalue weighted by Crippen LogP contribution is 2.12. The highest BCUT2D eigenvalue weighted by atomic mass is 19.1. The number of anilines is 2. The standard InChI is InChI=1S/C17H15FN4O2/c1-11-9-15(16(23)21-13-6-4-12(18)5-7-13)22-17(20-11)19-10-14-3-2-8-24-14/h2-9H,10H2,1H3,(H,21,23)(H,19,20,22). The van der Waals surface area contributed by atoms with E-state index in [0.29, 0.717) is 23.9 Å². The number of amides is 1. The van der Waals surface area contributed by atoms with E-state index in [2.05, 4.69) is 20.6 Å². The van der Waals surface area contributed by atoms with Gasteiger partial charge in [-0.3, -0.25) is 4.79 Å². The number of aromatic nitrogens is 2. The number of carbonyl (C=O) groups is 1. The first-order valence-electron chi connectivity index (χ1n) is 7.29. The molecule has 0 saturated heterocycles. The molecule has 1 amide bonds. The molecule has 6 nitrogen and oxygen atoms in total. The lowest BCUT2D eigenvalue weighted by Gasteiger charge is -2.08. The quantitative estimate of drug-likeness (QED) is 0.751. The first-order chi connectivity index (χ1) is 11.6. The van der Waals surface area contributed by atoms with E-state index in [0.717, 1.165) is 5.76 Å². The zero-order chi connectivity index (χ0) is 16.9. The molecule has 122 valence electrons. The molecule has 2 N–H and O–H groups in total. The summed E-state index contributed by atoms with van der Waals surface area (Å²) < 4.78 is 18.1. The molecule has 0 aliphatic rings. The Labute approximate surface area is 137 Å². The lowest BCUT2D eigenvalue weighted by atomic mass is 10.3. The van der Waals surface area contributed by atoms with Gasteiger partial charge in [-0.1, -0.05) is 0 Å². The normalized spacial score (nSPS) is 10.4. The number of halogens is 1. The van der Waals surface area contributed by atoms with Gasteiger partial charge in [-0.2, -0.15) is 0 Å². The molecule has 3 aromatic rings. The molecule has 0 spiro atoms. The van der Waals surface area contributed by atoms with Crippen molar-refractivity contribution in [1.82, 2.24) is 9.97 Å². The number of nitrogens with one attached hydrogen (secondary N) is 2. The summed E-state index contributed by atoms with van der Waals surface area (Å²) in [7, 11) is 0. The molecule has 7 heteroatoms. The minimum Gasteiger partial charge on any atom is -0.467 e. The largest absolute Gasteiger partial charge is 0.467 e. The number of aryl methyl sites for hydroxylation is 1. The molecule has 0 radical (unpaired) electrons. The number of hydrogen-bond donors (Lipinski definition) is 2. The molecule has 3 rings (SSSR count). The van der Waals surface area contributed by atoms with E-state index in [9.17, 15) is 9.18 Å². The number of benzene rings is 1. The Kier molecular flexibility index (Phi) is 4.51. The summed E-state index contributed by atoms with van der Waals surface area (Å²) in [4.78, 5) is 20.7. The molecule has 0 aliphatic heterocycles. The Hall–Kier alpha value is -3.22. The number of furan rings is 1. The van der Waals surface area contributed by atoms with Gasteiger partial charge in [0.2, 0.25) is 5.95 Å². The Morgan fingerprint density at radius 2 is 2.00 bits per heavy atom. The molecular weight excluding hydrogens is 311 g/mol. The van der Waals surface area contributed by atoms with Gasteiger partial charge in [0.05, 0.1) is 12.8 Å². The molecule has 0 bridgehead atoms. The topological polar surface area (TPSA) is 80.0 Å². The minimum absolute atomic E-state index is 0.216. The van der Waals surface area contributed by atoms with E-state index in [4.69, 9.17) is 4.42 Å². The van der Waals surface area contributed by atoms with Crippen molar-refractivity contribution in [2.45, 2.75) is 13.5 Å². The molecule has 2 aromatic heterocycles. The number of hydrogen-bond acceptors (Lipinski definition) is 5. The summed E-state index contributed by atoms with van der Waals surface area (Å²) in [6.07, 6.45) is 1.58. The summed E-state index contributed by atoms with van der Waals surface area (Å²) in [6.45, 7) is 2.18. The third kappa shape index (κ3) is 3.95. The Bertz CT molecular complexity index is 832. The SMILES string of the molecule is Cc1cc(C(=O)Nc2ccc(F)cc2)nc(NCc2ccco2)n1. The van der Waals surface area contributed by atoms with Gasteiger partial charge in [0, 0.05) is 11.4 Å². The smallest absolute Gasteiger partial charge is 0.274 e. The second kappa shape index (κ2) is 6.91. The van der Waals surface area contributed by atoms with Crippen LogP contribution >= 0.6 is 0 Å². The fraction of sp³-hybridized carbons (Fsp3) is 0.118. The van der Waals surface area contributed by atoms with Crippen LogP contribution in [0.15, 0.2) is 53.1 Å². The van der Waals surface area contributed by atoms with E-state index in [-0.39, 0.29) is 11.5 Å². The van der Waals surface area contributed by atoms with Crippen LogP contribution in [0, 0.1) is 12.7 Å². The lowest BCUT2D eigenvalue weighted by molar-refractivity contribution is 0.102. The van der Waals surface area contributed by atoms with Crippen molar-refractivity contribution in [2.24, 2.45) is 0 Å². The molecule has 0 unspecified atom stereocenters. The van der Waals surface area contributed by atoms with Gasteiger partial charge in [0.25, 0.3) is 5.91 Å². The van der Waals surface area contributed by atoms with Crippen LogP contribution in [0.1, 0.15) is 21.9 Å². The number of carbonyl (C=O) groups excluding carboxylic acids is 1. The molecule has 0 saturated carbocycles. The van der Waals surface area contributed by atoms with Gasteiger partial charge < -0.3 is 15.1 Å². The Morgan fingerprint density at radius 1 is 1.21 bits per heavy atom. The van der Waals surface area contributed by atoms with E-state index in [1.807, 2.05) is 6.07 Å². The molecule has 2 heterocycles. The first kappa shape index (κ1) is 15.7. The molecule has 0 aliphatic carbocycles. The molecule has 0 fully saturated rings. The molecular formula is C17H15FN4O2. The Morgan fingerprint density at radius 3 is 2.71 bits per heavy atom. The average Bonchev–Trinajstić information content (AvgIpc) is 3.08. The summed E-state index contributed by atoms with van der Waals surface area (Å²) in [5.41, 5.74) is 1.35. The third-order valence-corrected chi connectivity index (χ3v) is 3.19. The van der Waals surface area contributed by atoms with Gasteiger partial charge in [-0.25, -0.2) is 14.4 Å². The van der Waals surface area contributed by atoms with Gasteiger partial charge in [-0.15, -0.1) is 0 Å². The number of rotatable bonds is 5. The van der Waals surface area contributed by atoms with E-state index in [1.165, 1.54) is 24.3 Å². The van der Waals surface area contributed by atoms with Gasteiger partial charge in [0.15, 0.2) is 0 Å². The van der Waals surface area contributed by atoms with E-state index >= 15 is 0 Å². The van der Waals surface area contributed by atoms with Crippen LogP contribution in [-0.4, -0.2) is 15.9 Å². The fourth-order valence-electron chi connectivity index (χ4n) is 2.07. The highest BCUT2D eigenvalue weighted by Gasteiger charge is 2.11. The van der Waals surface area contributed by atoms with E-state index < -0.39 is 5.91 Å². The van der Waals surface area contributed by atoms with Crippen LogP contribution in [0.5, 0.6) is 0 Å². The first-order valence-corrected chi connectivity index (χ1v) is 7.29. The maximum Gasteiger partial charge on any atom is 0.274 e. The summed E-state index contributed by atoms with van der Waals surface area (Å²) in [5.74, 6) is 0.302. The molecule has 1 aromatic carbocycles. The second-order valence-corrected chi connectivity index (χ2v) is 5.11. The van der Waals surface area contributed by atoms with Crippen molar-refractivity contribution >= 4 is 17.5 Å². The van der Waals surface area contributed by atoms with E-state index in [1.54, 1.807) is 25.3 Å². The van der Waals surface area contributed by atoms with Crippen LogP contribution in [0.3, 0.4) is 0 Å². The van der Waals surface area contributed by atoms with Crippen molar-refractivity contribution in [3.63, 3.8) is 0 Å². The Balaban J connectivity index is 1.72. The van der Waals surface area contributed by atoms with Crippen molar-refractivity contribution in [2.75, 3.05) is 10.6 Å². The van der Waals surface area contributed by atoms with Crippen molar-refractivity contribution in [1.29, 1.82) is 0 Å². The van der Waals surface area contributed by atoms with Crippen LogP contribution < -0.4 is 10.6 Å². The highest BCUT2D eigenvalue weighted by molar-refractivity contribution is 6.03. The maximum absolute atomic E-state index is 12.9. The molecule has 24 heavy (non-hydrogen) atoms. The minimum atomic E-state index is -0.395.